The molecular weight excluding hydrogens is 484 g/mol. The Labute approximate surface area is 218 Å². The van der Waals surface area contributed by atoms with Gasteiger partial charge in [0.1, 0.15) is 11.0 Å². The normalized spacial score (nSPS) is 28.8. The monoisotopic (exact) mass is 508 g/mol. The molecule has 9 nitrogen and oxygen atoms in total. The van der Waals surface area contributed by atoms with Crippen LogP contribution < -0.4 is 10.6 Å². The zero-order chi connectivity index (χ0) is 26.4. The molecule has 38 heavy (non-hydrogen) atoms. The first-order valence-electron chi connectivity index (χ1n) is 12.7. The molecule has 0 aromatic heterocycles. The van der Waals surface area contributed by atoms with Crippen LogP contribution in [0.15, 0.2) is 66.7 Å². The molecule has 4 aliphatic rings. The number of nitro groups is 1. The lowest BCUT2D eigenvalue weighted by molar-refractivity contribution is -0.384. The van der Waals surface area contributed by atoms with E-state index < -0.39 is 33.7 Å². The zero-order valence-corrected chi connectivity index (χ0v) is 20.6. The first kappa shape index (κ1) is 22.8. The number of Topliss-reactive ketones (excluding diaryl/α,β-unsaturated/α-hetero) is 1. The standard InChI is InChI=1S/C29H24N4O5/c1-16-11-12-22-20(14-16)29(27(36)31-22)28(19-8-2-3-9-21(19)30-26(28)35)24(23-10-5-13-32(23)29)25(34)17-6-4-7-18(15-17)33(37)38/h2-4,6-9,11-12,14-15,23-24H,5,10,13H2,1H3,(H,30,35)(H,31,36)/t23-,24-,28-,29-/m1/s1. The van der Waals surface area contributed by atoms with E-state index in [-0.39, 0.29) is 22.9 Å². The Morgan fingerprint density at radius 3 is 2.55 bits per heavy atom. The van der Waals surface area contributed by atoms with Gasteiger partial charge < -0.3 is 10.6 Å². The van der Waals surface area contributed by atoms with Crippen molar-refractivity contribution in [3.8, 4) is 0 Å². The van der Waals surface area contributed by atoms with Gasteiger partial charge in [0.2, 0.25) is 5.91 Å². The van der Waals surface area contributed by atoms with Gasteiger partial charge in [-0.1, -0.05) is 48.0 Å². The van der Waals surface area contributed by atoms with Crippen molar-refractivity contribution in [1.82, 2.24) is 4.90 Å². The molecule has 2 N–H and O–H groups in total. The van der Waals surface area contributed by atoms with Crippen LogP contribution in [0.2, 0.25) is 0 Å². The fourth-order valence-corrected chi connectivity index (χ4v) is 7.64. The average Bonchev–Trinajstić information content (AvgIpc) is 3.62. The molecule has 2 fully saturated rings. The maximum absolute atomic E-state index is 14.5. The average molecular weight is 509 g/mol. The SMILES string of the molecule is Cc1ccc2c(c1)[C@]1(C(=O)N2)N2CCC[C@@H]2[C@H](C(=O)c2cccc([N+](=O)[O-])c2)[C@]12C(=O)Nc1ccccc12. The van der Waals surface area contributed by atoms with E-state index in [1.165, 1.54) is 18.2 Å². The van der Waals surface area contributed by atoms with E-state index >= 15 is 0 Å². The Morgan fingerprint density at radius 2 is 1.74 bits per heavy atom. The Balaban J connectivity index is 1.57. The van der Waals surface area contributed by atoms with Gasteiger partial charge in [0.15, 0.2) is 5.78 Å². The fourth-order valence-electron chi connectivity index (χ4n) is 7.64. The van der Waals surface area contributed by atoms with Crippen LogP contribution in [0.25, 0.3) is 0 Å². The van der Waals surface area contributed by atoms with Crippen molar-refractivity contribution in [2.24, 2.45) is 5.92 Å². The number of ketones is 1. The van der Waals surface area contributed by atoms with E-state index in [2.05, 4.69) is 15.5 Å². The number of non-ortho nitro benzene ring substituents is 1. The third-order valence-corrected chi connectivity index (χ3v) is 8.88. The maximum atomic E-state index is 14.5. The number of carbonyl (C=O) groups excluding carboxylic acids is 3. The fraction of sp³-hybridized carbons (Fsp3) is 0.276. The number of nitrogens with one attached hydrogen (secondary N) is 2. The van der Waals surface area contributed by atoms with Gasteiger partial charge in [0.25, 0.3) is 11.6 Å². The molecule has 0 unspecified atom stereocenters. The van der Waals surface area contributed by atoms with Gasteiger partial charge in [-0.3, -0.25) is 29.4 Å². The van der Waals surface area contributed by atoms with Crippen molar-refractivity contribution >= 4 is 34.7 Å². The maximum Gasteiger partial charge on any atom is 0.270 e. The molecule has 4 atom stereocenters. The van der Waals surface area contributed by atoms with Crippen LogP contribution in [0, 0.1) is 23.0 Å². The number of nitro benzene ring substituents is 1. The van der Waals surface area contributed by atoms with Crippen LogP contribution in [0.5, 0.6) is 0 Å². The molecule has 7 rings (SSSR count). The summed E-state index contributed by atoms with van der Waals surface area (Å²) in [5.41, 5.74) is 0.375. The van der Waals surface area contributed by atoms with Crippen LogP contribution in [0.3, 0.4) is 0 Å². The number of hydrogen-bond donors (Lipinski definition) is 2. The summed E-state index contributed by atoms with van der Waals surface area (Å²) in [5.74, 6) is -2.04. The molecule has 2 amide bonds. The Hall–Kier alpha value is -4.37. The van der Waals surface area contributed by atoms with E-state index in [0.29, 0.717) is 35.5 Å². The number of carbonyl (C=O) groups is 3. The summed E-state index contributed by atoms with van der Waals surface area (Å²) in [6.07, 6.45) is 1.39. The number of aryl methyl sites for hydroxylation is 1. The lowest BCUT2D eigenvalue weighted by Crippen LogP contribution is -2.62. The number of anilines is 2. The summed E-state index contributed by atoms with van der Waals surface area (Å²) >= 11 is 0. The summed E-state index contributed by atoms with van der Waals surface area (Å²) < 4.78 is 0. The number of rotatable bonds is 3. The molecule has 2 saturated heterocycles. The zero-order valence-electron chi connectivity index (χ0n) is 20.6. The van der Waals surface area contributed by atoms with Gasteiger partial charge in [0.05, 0.1) is 10.8 Å². The van der Waals surface area contributed by atoms with Crippen molar-refractivity contribution in [3.63, 3.8) is 0 Å². The van der Waals surface area contributed by atoms with Crippen LogP contribution in [0.1, 0.15) is 39.9 Å². The highest BCUT2D eigenvalue weighted by molar-refractivity contribution is 6.21. The molecule has 4 heterocycles. The summed E-state index contributed by atoms with van der Waals surface area (Å²) in [5, 5.41) is 17.6. The molecule has 0 bridgehead atoms. The Bertz CT molecular complexity index is 1600. The van der Waals surface area contributed by atoms with Gasteiger partial charge >= 0.3 is 0 Å². The molecule has 4 aliphatic heterocycles. The minimum Gasteiger partial charge on any atom is -0.325 e. The predicted octanol–water partition coefficient (Wildman–Crippen LogP) is 3.92. The summed E-state index contributed by atoms with van der Waals surface area (Å²) in [4.78, 5) is 56.4. The quantitative estimate of drug-likeness (QED) is 0.314. The van der Waals surface area contributed by atoms with Gasteiger partial charge in [-0.2, -0.15) is 0 Å². The van der Waals surface area contributed by atoms with Crippen molar-refractivity contribution < 1.29 is 19.3 Å². The lowest BCUT2D eigenvalue weighted by Gasteiger charge is -2.43. The number of para-hydroxylation sites is 1. The van der Waals surface area contributed by atoms with E-state index in [1.807, 2.05) is 43.3 Å². The van der Waals surface area contributed by atoms with Gasteiger partial charge in [-0.25, -0.2) is 0 Å². The highest BCUT2D eigenvalue weighted by Gasteiger charge is 2.81. The largest absolute Gasteiger partial charge is 0.325 e. The smallest absolute Gasteiger partial charge is 0.270 e. The molecule has 0 saturated carbocycles. The van der Waals surface area contributed by atoms with Crippen LogP contribution in [-0.2, 0) is 20.5 Å². The summed E-state index contributed by atoms with van der Waals surface area (Å²) in [7, 11) is 0. The molecule has 190 valence electrons. The summed E-state index contributed by atoms with van der Waals surface area (Å²) in [6.45, 7) is 2.48. The predicted molar refractivity (Wildman–Crippen MR) is 139 cm³/mol. The molecule has 2 spiro atoms. The third-order valence-electron chi connectivity index (χ3n) is 8.88. The van der Waals surface area contributed by atoms with Gasteiger partial charge in [-0.15, -0.1) is 0 Å². The van der Waals surface area contributed by atoms with Crippen molar-refractivity contribution in [2.75, 3.05) is 17.2 Å². The Morgan fingerprint density at radius 1 is 0.974 bits per heavy atom. The molecule has 3 aromatic rings. The highest BCUT2D eigenvalue weighted by atomic mass is 16.6. The second-order valence-electron chi connectivity index (χ2n) is 10.6. The topological polar surface area (TPSA) is 122 Å². The van der Waals surface area contributed by atoms with E-state index in [1.54, 1.807) is 12.1 Å². The van der Waals surface area contributed by atoms with E-state index in [9.17, 15) is 24.5 Å². The van der Waals surface area contributed by atoms with Crippen molar-refractivity contribution in [1.29, 1.82) is 0 Å². The van der Waals surface area contributed by atoms with Gasteiger partial charge in [0, 0.05) is 40.7 Å². The van der Waals surface area contributed by atoms with Crippen LogP contribution >= 0.6 is 0 Å². The van der Waals surface area contributed by atoms with Gasteiger partial charge in [-0.05, 0) is 44.0 Å². The minimum absolute atomic E-state index is 0.160. The molecular formula is C29H24N4O5. The number of fused-ring (bicyclic) bond motifs is 7. The highest BCUT2D eigenvalue weighted by Crippen LogP contribution is 2.67. The number of amides is 2. The number of benzene rings is 3. The van der Waals surface area contributed by atoms with Crippen molar-refractivity contribution in [3.05, 3.63) is 99.1 Å². The second kappa shape index (κ2) is 7.58. The molecule has 0 radical (unpaired) electrons. The second-order valence-corrected chi connectivity index (χ2v) is 10.6. The van der Waals surface area contributed by atoms with E-state index in [0.717, 1.165) is 12.0 Å². The molecule has 3 aromatic carbocycles. The van der Waals surface area contributed by atoms with Crippen LogP contribution in [-0.4, -0.2) is 40.0 Å². The Kier molecular flexibility index (Phi) is 4.55. The third kappa shape index (κ3) is 2.51. The van der Waals surface area contributed by atoms with Crippen molar-refractivity contribution in [2.45, 2.75) is 36.8 Å². The van der Waals surface area contributed by atoms with Crippen LogP contribution in [0.4, 0.5) is 17.1 Å². The first-order chi connectivity index (χ1) is 18.3. The first-order valence-corrected chi connectivity index (χ1v) is 12.7. The number of hydrogen-bond acceptors (Lipinski definition) is 6. The molecule has 0 aliphatic carbocycles. The van der Waals surface area contributed by atoms with E-state index in [4.69, 9.17) is 0 Å². The lowest BCUT2D eigenvalue weighted by atomic mass is 9.57. The minimum atomic E-state index is -1.57. The molecule has 9 heteroatoms. The number of nitrogens with zero attached hydrogens (tertiary/aromatic N) is 2. The summed E-state index contributed by atoms with van der Waals surface area (Å²) in [6, 6.07) is 18.2.